The second-order valence-corrected chi connectivity index (χ2v) is 6.82. The third-order valence-corrected chi connectivity index (χ3v) is 5.52. The van der Waals surface area contributed by atoms with Gasteiger partial charge in [0.15, 0.2) is 5.82 Å². The number of pyridine rings is 1. The minimum absolute atomic E-state index is 0.843. The molecule has 21 heavy (non-hydrogen) atoms. The van der Waals surface area contributed by atoms with Crippen molar-refractivity contribution in [3.63, 3.8) is 0 Å². The Balaban J connectivity index is 1.56. The molecule has 0 amide bonds. The van der Waals surface area contributed by atoms with Gasteiger partial charge in [-0.3, -0.25) is 4.98 Å². The van der Waals surface area contributed by atoms with Gasteiger partial charge in [-0.2, -0.15) is 0 Å². The molecule has 0 unspecified atom stereocenters. The number of aromatic nitrogens is 3. The lowest BCUT2D eigenvalue weighted by Gasteiger charge is -2.20. The van der Waals surface area contributed by atoms with Crippen LogP contribution in [0.1, 0.15) is 37.7 Å². The molecule has 0 radical (unpaired) electrons. The maximum absolute atomic E-state index is 4.54. The van der Waals surface area contributed by atoms with Gasteiger partial charge in [0.05, 0.1) is 0 Å². The fraction of sp³-hybridized carbons (Fsp3) is 0.556. The Hall–Kier alpha value is -1.64. The van der Waals surface area contributed by atoms with Gasteiger partial charge in [-0.15, -0.1) is 0 Å². The molecule has 2 aliphatic rings. The molecule has 3 nitrogen and oxygen atoms in total. The van der Waals surface area contributed by atoms with Crippen molar-refractivity contribution in [2.45, 2.75) is 45.6 Å². The average molecular weight is 281 g/mol. The molecule has 0 N–H and O–H groups in total. The van der Waals surface area contributed by atoms with E-state index < -0.39 is 0 Å². The lowest BCUT2D eigenvalue weighted by molar-refractivity contribution is 0.317. The van der Waals surface area contributed by atoms with E-state index in [2.05, 4.69) is 39.8 Å². The summed E-state index contributed by atoms with van der Waals surface area (Å²) in [5.74, 6) is 3.85. The molecular weight excluding hydrogens is 258 g/mol. The molecular formula is C18H23N3. The summed E-state index contributed by atoms with van der Waals surface area (Å²) < 4.78 is 2.32. The highest BCUT2D eigenvalue weighted by Gasteiger charge is 2.39. The van der Waals surface area contributed by atoms with E-state index in [1.807, 2.05) is 12.4 Å². The zero-order chi connectivity index (χ0) is 14.2. The van der Waals surface area contributed by atoms with Gasteiger partial charge in [-0.05, 0) is 55.6 Å². The molecule has 4 rings (SSSR count). The molecule has 3 heteroatoms. The van der Waals surface area contributed by atoms with Crippen LogP contribution in [0.5, 0.6) is 0 Å². The van der Waals surface area contributed by atoms with E-state index in [0.29, 0.717) is 0 Å². The average Bonchev–Trinajstić information content (AvgIpc) is 3.19. The van der Waals surface area contributed by atoms with E-state index >= 15 is 0 Å². The van der Waals surface area contributed by atoms with Gasteiger partial charge in [0.25, 0.3) is 0 Å². The van der Waals surface area contributed by atoms with Crippen LogP contribution in [0.15, 0.2) is 30.7 Å². The van der Waals surface area contributed by atoms with E-state index in [9.17, 15) is 0 Å². The Morgan fingerprint density at radius 2 is 2.10 bits per heavy atom. The van der Waals surface area contributed by atoms with E-state index in [4.69, 9.17) is 0 Å². The van der Waals surface area contributed by atoms with Gasteiger partial charge in [0, 0.05) is 25.1 Å². The predicted octanol–water partition coefficient (Wildman–Crippen LogP) is 4.08. The normalized spacial score (nSPS) is 28.0. The van der Waals surface area contributed by atoms with Crippen LogP contribution in [0.2, 0.25) is 0 Å². The minimum atomic E-state index is 0.843. The van der Waals surface area contributed by atoms with E-state index in [0.717, 1.165) is 35.8 Å². The van der Waals surface area contributed by atoms with Crippen LogP contribution in [0.4, 0.5) is 0 Å². The summed E-state index contributed by atoms with van der Waals surface area (Å²) >= 11 is 0. The molecule has 0 saturated heterocycles. The maximum Gasteiger partial charge on any atom is 0.158 e. The number of imidazole rings is 1. The first kappa shape index (κ1) is 13.1. The number of aryl methyl sites for hydroxylation is 1. The Labute approximate surface area is 126 Å². The molecule has 2 fully saturated rings. The number of nitrogens with zero attached hydrogens (tertiary/aromatic N) is 3. The monoisotopic (exact) mass is 281 g/mol. The van der Waals surface area contributed by atoms with Crippen molar-refractivity contribution in [1.82, 2.24) is 14.5 Å². The van der Waals surface area contributed by atoms with Crippen molar-refractivity contribution < 1.29 is 0 Å². The zero-order valence-corrected chi connectivity index (χ0v) is 12.7. The highest BCUT2D eigenvalue weighted by atomic mass is 15.1. The molecule has 0 aliphatic heterocycles. The Morgan fingerprint density at radius 3 is 2.95 bits per heavy atom. The van der Waals surface area contributed by atoms with Crippen molar-refractivity contribution in [2.75, 3.05) is 0 Å². The Bertz CT molecular complexity index is 614. The van der Waals surface area contributed by atoms with E-state index in [1.54, 1.807) is 0 Å². The van der Waals surface area contributed by atoms with Crippen LogP contribution in [0, 0.1) is 24.7 Å². The fourth-order valence-electron chi connectivity index (χ4n) is 4.46. The highest BCUT2D eigenvalue weighted by molar-refractivity contribution is 5.49. The van der Waals surface area contributed by atoms with Gasteiger partial charge in [-0.1, -0.05) is 18.9 Å². The lowest BCUT2D eigenvalue weighted by atomic mass is 9.92. The second kappa shape index (κ2) is 5.28. The smallest absolute Gasteiger partial charge is 0.158 e. The maximum atomic E-state index is 4.54. The van der Waals surface area contributed by atoms with Gasteiger partial charge in [-0.25, -0.2) is 4.98 Å². The summed E-state index contributed by atoms with van der Waals surface area (Å²) in [7, 11) is 0. The summed E-state index contributed by atoms with van der Waals surface area (Å²) in [6.45, 7) is 3.19. The molecule has 2 aromatic heterocycles. The second-order valence-electron chi connectivity index (χ2n) is 6.82. The summed E-state index contributed by atoms with van der Waals surface area (Å²) in [4.78, 5) is 9.08. The summed E-state index contributed by atoms with van der Waals surface area (Å²) in [5, 5.41) is 0. The van der Waals surface area contributed by atoms with Crippen LogP contribution in [0.3, 0.4) is 0 Å². The quantitative estimate of drug-likeness (QED) is 0.848. The first-order chi connectivity index (χ1) is 10.3. The summed E-state index contributed by atoms with van der Waals surface area (Å²) in [6.07, 6.45) is 13.2. The molecule has 0 aromatic carbocycles. The van der Waals surface area contributed by atoms with Crippen molar-refractivity contribution in [2.24, 2.45) is 17.8 Å². The van der Waals surface area contributed by atoms with Crippen LogP contribution in [-0.2, 0) is 6.54 Å². The standard InChI is InChI=1S/C18H23N3/c1-13-5-8-17(20-11-13)18-19-9-10-21(18)12-15-7-6-14-3-2-4-16(14)15/h5,8-11,14-16H,2-4,6-7,12H2,1H3/t14-,15+,16-/m1/s1. The van der Waals surface area contributed by atoms with E-state index in [1.165, 1.54) is 37.7 Å². The fourth-order valence-corrected chi connectivity index (χ4v) is 4.46. The number of hydrogen-bond acceptors (Lipinski definition) is 2. The molecule has 2 heterocycles. The van der Waals surface area contributed by atoms with Crippen molar-refractivity contribution in [3.8, 4) is 11.5 Å². The van der Waals surface area contributed by atoms with Crippen LogP contribution < -0.4 is 0 Å². The van der Waals surface area contributed by atoms with E-state index in [-0.39, 0.29) is 0 Å². The first-order valence-electron chi connectivity index (χ1n) is 8.25. The molecule has 110 valence electrons. The Kier molecular flexibility index (Phi) is 3.28. The van der Waals surface area contributed by atoms with Crippen LogP contribution >= 0.6 is 0 Å². The largest absolute Gasteiger partial charge is 0.329 e. The SMILES string of the molecule is Cc1ccc(-c2nccn2C[C@@H]2CC[C@H]3CCC[C@H]32)nc1. The predicted molar refractivity (Wildman–Crippen MR) is 83.8 cm³/mol. The number of rotatable bonds is 3. The number of hydrogen-bond donors (Lipinski definition) is 0. The van der Waals surface area contributed by atoms with Crippen LogP contribution in [-0.4, -0.2) is 14.5 Å². The van der Waals surface area contributed by atoms with Gasteiger partial charge in [0.1, 0.15) is 5.69 Å². The van der Waals surface area contributed by atoms with Crippen molar-refractivity contribution in [3.05, 3.63) is 36.3 Å². The van der Waals surface area contributed by atoms with Gasteiger partial charge < -0.3 is 4.57 Å². The molecule has 3 atom stereocenters. The van der Waals surface area contributed by atoms with Gasteiger partial charge in [0.2, 0.25) is 0 Å². The summed E-state index contributed by atoms with van der Waals surface area (Å²) in [5.41, 5.74) is 2.19. The van der Waals surface area contributed by atoms with Crippen molar-refractivity contribution >= 4 is 0 Å². The summed E-state index contributed by atoms with van der Waals surface area (Å²) in [6, 6.07) is 4.20. The van der Waals surface area contributed by atoms with Crippen LogP contribution in [0.25, 0.3) is 11.5 Å². The third kappa shape index (κ3) is 2.39. The lowest BCUT2D eigenvalue weighted by Crippen LogP contribution is -2.16. The third-order valence-electron chi connectivity index (χ3n) is 5.52. The molecule has 0 bridgehead atoms. The highest BCUT2D eigenvalue weighted by Crippen LogP contribution is 2.48. The van der Waals surface area contributed by atoms with Crippen molar-refractivity contribution in [1.29, 1.82) is 0 Å². The molecule has 2 aliphatic carbocycles. The molecule has 2 aromatic rings. The molecule has 2 saturated carbocycles. The topological polar surface area (TPSA) is 30.7 Å². The number of fused-ring (bicyclic) bond motifs is 1. The zero-order valence-electron chi connectivity index (χ0n) is 12.7. The Morgan fingerprint density at radius 1 is 1.14 bits per heavy atom. The van der Waals surface area contributed by atoms with Gasteiger partial charge >= 0.3 is 0 Å². The molecule has 0 spiro atoms. The minimum Gasteiger partial charge on any atom is -0.329 e. The first-order valence-corrected chi connectivity index (χ1v) is 8.25.